The zero-order valence-electron chi connectivity index (χ0n) is 9.46. The lowest BCUT2D eigenvalue weighted by Gasteiger charge is -2.05. The van der Waals surface area contributed by atoms with E-state index in [2.05, 4.69) is 9.82 Å². The minimum Gasteiger partial charge on any atom is -0.481 e. The molecule has 0 spiro atoms. The number of nitrogens with zero attached hydrogens (tertiary/aromatic N) is 2. The van der Waals surface area contributed by atoms with Crippen molar-refractivity contribution in [1.82, 2.24) is 14.5 Å². The Kier molecular flexibility index (Phi) is 4.64. The number of carbonyl (C=O) groups is 1. The zero-order valence-corrected chi connectivity index (χ0v) is 10.3. The molecule has 1 aromatic rings. The lowest BCUT2D eigenvalue weighted by atomic mass is 10.2. The third-order valence-corrected chi connectivity index (χ3v) is 3.70. The Morgan fingerprint density at radius 3 is 2.76 bits per heavy atom. The second-order valence-electron chi connectivity index (χ2n) is 3.54. The molecule has 0 aliphatic carbocycles. The van der Waals surface area contributed by atoms with E-state index in [1.165, 1.54) is 16.9 Å². The van der Waals surface area contributed by atoms with Crippen LogP contribution in [0.1, 0.15) is 19.3 Å². The fourth-order valence-electron chi connectivity index (χ4n) is 1.31. The Bertz CT molecular complexity index is 480. The predicted molar refractivity (Wildman–Crippen MR) is 59.9 cm³/mol. The van der Waals surface area contributed by atoms with Crippen LogP contribution in [0, 0.1) is 0 Å². The molecule has 2 N–H and O–H groups in total. The Hall–Kier alpha value is -1.41. The molecule has 0 amide bonds. The molecule has 1 rings (SSSR count). The molecule has 0 unspecified atom stereocenters. The van der Waals surface area contributed by atoms with Gasteiger partial charge in [0.25, 0.3) is 10.0 Å². The largest absolute Gasteiger partial charge is 0.481 e. The Morgan fingerprint density at radius 1 is 1.53 bits per heavy atom. The second-order valence-corrected chi connectivity index (χ2v) is 5.26. The van der Waals surface area contributed by atoms with Crippen LogP contribution in [-0.2, 0) is 21.9 Å². The predicted octanol–water partition coefficient (Wildman–Crippen LogP) is -0.0467. The number of nitrogens with one attached hydrogen (secondary N) is 1. The first kappa shape index (κ1) is 13.7. The normalized spacial score (nSPS) is 11.6. The first-order valence-corrected chi connectivity index (χ1v) is 6.61. The van der Waals surface area contributed by atoms with Crippen molar-refractivity contribution in [3.05, 3.63) is 12.3 Å². The highest BCUT2D eigenvalue weighted by atomic mass is 32.2. The maximum absolute atomic E-state index is 11.7. The van der Waals surface area contributed by atoms with Crippen molar-refractivity contribution >= 4 is 16.0 Å². The van der Waals surface area contributed by atoms with E-state index in [-0.39, 0.29) is 18.0 Å². The molecule has 0 atom stereocenters. The van der Waals surface area contributed by atoms with Gasteiger partial charge in [0.2, 0.25) is 0 Å². The summed E-state index contributed by atoms with van der Waals surface area (Å²) in [5.41, 5.74) is 0. The summed E-state index contributed by atoms with van der Waals surface area (Å²) in [6.07, 6.45) is 2.39. The van der Waals surface area contributed by atoms with Gasteiger partial charge in [-0.2, -0.15) is 5.10 Å². The van der Waals surface area contributed by atoms with Crippen molar-refractivity contribution in [2.24, 2.45) is 7.05 Å². The van der Waals surface area contributed by atoms with Crippen molar-refractivity contribution < 1.29 is 18.3 Å². The van der Waals surface area contributed by atoms with E-state index in [4.69, 9.17) is 5.11 Å². The molecule has 1 heterocycles. The third-order valence-electron chi connectivity index (χ3n) is 2.16. The molecule has 1 aromatic heterocycles. The molecular weight excluding hydrogens is 246 g/mol. The van der Waals surface area contributed by atoms with Gasteiger partial charge in [0.15, 0.2) is 5.03 Å². The lowest BCUT2D eigenvalue weighted by molar-refractivity contribution is -0.137. The van der Waals surface area contributed by atoms with Crippen LogP contribution in [0.25, 0.3) is 0 Å². The molecule has 0 bridgehead atoms. The highest BCUT2D eigenvalue weighted by Crippen LogP contribution is 2.05. The van der Waals surface area contributed by atoms with E-state index in [1.54, 1.807) is 7.05 Å². The van der Waals surface area contributed by atoms with Crippen molar-refractivity contribution in [3.63, 3.8) is 0 Å². The van der Waals surface area contributed by atoms with E-state index in [0.29, 0.717) is 12.8 Å². The summed E-state index contributed by atoms with van der Waals surface area (Å²) < 4.78 is 27.1. The van der Waals surface area contributed by atoms with E-state index < -0.39 is 16.0 Å². The fourth-order valence-corrected chi connectivity index (χ4v) is 2.50. The second kappa shape index (κ2) is 5.78. The van der Waals surface area contributed by atoms with Crippen LogP contribution in [0.5, 0.6) is 0 Å². The number of hydrogen-bond acceptors (Lipinski definition) is 4. The number of sulfonamides is 1. The van der Waals surface area contributed by atoms with Gasteiger partial charge in [-0.3, -0.25) is 9.48 Å². The van der Waals surface area contributed by atoms with Gasteiger partial charge in [-0.1, -0.05) is 0 Å². The monoisotopic (exact) mass is 261 g/mol. The first-order chi connectivity index (χ1) is 7.93. The number of unbranched alkanes of at least 4 members (excludes halogenated alkanes) is 1. The fraction of sp³-hybridized carbons (Fsp3) is 0.556. The number of rotatable bonds is 7. The van der Waals surface area contributed by atoms with Gasteiger partial charge in [0, 0.05) is 20.0 Å². The van der Waals surface area contributed by atoms with Crippen LogP contribution in [-0.4, -0.2) is 35.8 Å². The summed E-state index contributed by atoms with van der Waals surface area (Å²) in [7, 11) is -2.00. The molecule has 96 valence electrons. The maximum atomic E-state index is 11.7. The molecule has 17 heavy (non-hydrogen) atoms. The minimum atomic E-state index is -3.55. The lowest BCUT2D eigenvalue weighted by Crippen LogP contribution is -2.26. The summed E-state index contributed by atoms with van der Waals surface area (Å²) in [5.74, 6) is -0.875. The van der Waals surface area contributed by atoms with Crippen LogP contribution in [0.15, 0.2) is 17.3 Å². The van der Waals surface area contributed by atoms with Crippen LogP contribution in [0.2, 0.25) is 0 Å². The molecular formula is C9H15N3O4S. The first-order valence-electron chi connectivity index (χ1n) is 5.13. The van der Waals surface area contributed by atoms with Gasteiger partial charge < -0.3 is 5.11 Å². The minimum absolute atomic E-state index is 0.0490. The molecule has 0 radical (unpaired) electrons. The zero-order chi connectivity index (χ0) is 12.9. The SMILES string of the molecule is Cn1nccc1S(=O)(=O)NCCCCC(=O)O. The number of aromatic nitrogens is 2. The van der Waals surface area contributed by atoms with Gasteiger partial charge in [0.1, 0.15) is 0 Å². The Labute approximate surface area is 99.5 Å². The smallest absolute Gasteiger partial charge is 0.303 e. The average molecular weight is 261 g/mol. The summed E-state index contributed by atoms with van der Waals surface area (Å²) in [5, 5.41) is 12.3. The Balaban J connectivity index is 2.41. The van der Waals surface area contributed by atoms with Gasteiger partial charge in [0.05, 0.1) is 6.20 Å². The molecule has 0 saturated heterocycles. The van der Waals surface area contributed by atoms with Crippen molar-refractivity contribution in [2.75, 3.05) is 6.54 Å². The topological polar surface area (TPSA) is 101 Å². The highest BCUT2D eigenvalue weighted by molar-refractivity contribution is 7.89. The number of hydrogen-bond donors (Lipinski definition) is 2. The van der Waals surface area contributed by atoms with Crippen LogP contribution in [0.3, 0.4) is 0 Å². The average Bonchev–Trinajstić information content (AvgIpc) is 2.64. The molecule has 7 nitrogen and oxygen atoms in total. The quantitative estimate of drug-likeness (QED) is 0.670. The number of aryl methyl sites for hydroxylation is 1. The standard InChI is InChI=1S/C9H15N3O4S/c1-12-8(5-7-10-12)17(15,16)11-6-3-2-4-9(13)14/h5,7,11H,2-4,6H2,1H3,(H,13,14). The molecule has 0 saturated carbocycles. The molecule has 8 heteroatoms. The van der Waals surface area contributed by atoms with Crippen molar-refractivity contribution in [3.8, 4) is 0 Å². The molecule has 0 aliphatic heterocycles. The van der Waals surface area contributed by atoms with E-state index in [0.717, 1.165) is 0 Å². The number of aliphatic carboxylic acids is 1. The van der Waals surface area contributed by atoms with Gasteiger partial charge >= 0.3 is 5.97 Å². The molecule has 0 aromatic carbocycles. The summed E-state index contributed by atoms with van der Waals surface area (Å²) in [6, 6.07) is 1.40. The van der Waals surface area contributed by atoms with Crippen molar-refractivity contribution in [1.29, 1.82) is 0 Å². The van der Waals surface area contributed by atoms with Gasteiger partial charge in [-0.25, -0.2) is 13.1 Å². The van der Waals surface area contributed by atoms with Crippen LogP contribution >= 0.6 is 0 Å². The number of carboxylic acid groups (broad SMARTS) is 1. The summed E-state index contributed by atoms with van der Waals surface area (Å²) >= 11 is 0. The highest BCUT2D eigenvalue weighted by Gasteiger charge is 2.16. The van der Waals surface area contributed by atoms with E-state index in [1.807, 2.05) is 0 Å². The maximum Gasteiger partial charge on any atom is 0.303 e. The van der Waals surface area contributed by atoms with E-state index >= 15 is 0 Å². The van der Waals surface area contributed by atoms with Crippen LogP contribution < -0.4 is 4.72 Å². The molecule has 0 aliphatic rings. The summed E-state index contributed by atoms with van der Waals surface area (Å²) in [4.78, 5) is 10.2. The van der Waals surface area contributed by atoms with Gasteiger partial charge in [-0.05, 0) is 18.9 Å². The Morgan fingerprint density at radius 2 is 2.24 bits per heavy atom. The van der Waals surface area contributed by atoms with Gasteiger partial charge in [-0.15, -0.1) is 0 Å². The summed E-state index contributed by atoms with van der Waals surface area (Å²) in [6.45, 7) is 0.223. The molecule has 0 fully saturated rings. The van der Waals surface area contributed by atoms with Crippen molar-refractivity contribution in [2.45, 2.75) is 24.3 Å². The van der Waals surface area contributed by atoms with Crippen LogP contribution in [0.4, 0.5) is 0 Å². The number of carboxylic acids is 1. The van der Waals surface area contributed by atoms with E-state index in [9.17, 15) is 13.2 Å². The third kappa shape index (κ3) is 4.16.